The highest BCUT2D eigenvalue weighted by Crippen LogP contribution is 2.50. The summed E-state index contributed by atoms with van der Waals surface area (Å²) in [5.41, 5.74) is 5.18. The summed E-state index contributed by atoms with van der Waals surface area (Å²) in [6.07, 6.45) is 4.94. The minimum Gasteiger partial charge on any atom is -0.370 e. The molecule has 0 aromatic heterocycles. The van der Waals surface area contributed by atoms with Crippen LogP contribution in [0.5, 0.6) is 0 Å². The summed E-state index contributed by atoms with van der Waals surface area (Å²) < 4.78 is 14.1. The third kappa shape index (κ3) is 3.97. The van der Waals surface area contributed by atoms with Gasteiger partial charge in [0.1, 0.15) is 12.2 Å². The van der Waals surface area contributed by atoms with E-state index in [9.17, 15) is 18.8 Å². The molecule has 0 unspecified atom stereocenters. The first-order chi connectivity index (χ1) is 13.3. The molecule has 2 aliphatic rings. The summed E-state index contributed by atoms with van der Waals surface area (Å²) in [5, 5.41) is 3.07. The number of nitrogens with zero attached hydrogens (tertiary/aromatic N) is 1. The van der Waals surface area contributed by atoms with Gasteiger partial charge in [-0.25, -0.2) is 4.39 Å². The van der Waals surface area contributed by atoms with Crippen molar-refractivity contribution in [1.29, 1.82) is 0 Å². The number of halogens is 2. The summed E-state index contributed by atoms with van der Waals surface area (Å²) >= 11 is 5.92. The van der Waals surface area contributed by atoms with E-state index in [0.717, 1.165) is 5.56 Å². The Labute approximate surface area is 167 Å². The van der Waals surface area contributed by atoms with Crippen molar-refractivity contribution in [1.82, 2.24) is 10.2 Å². The maximum Gasteiger partial charge on any atom is 0.243 e. The lowest BCUT2D eigenvalue weighted by atomic mass is 9.94. The van der Waals surface area contributed by atoms with E-state index < -0.39 is 35.5 Å². The van der Waals surface area contributed by atoms with Gasteiger partial charge in [0.25, 0.3) is 0 Å². The minimum atomic E-state index is -1.30. The summed E-state index contributed by atoms with van der Waals surface area (Å²) in [4.78, 5) is 38.2. The molecular weight excluding hydrogens is 385 g/mol. The van der Waals surface area contributed by atoms with E-state index in [1.54, 1.807) is 24.3 Å². The van der Waals surface area contributed by atoms with Crippen LogP contribution in [0.3, 0.4) is 0 Å². The van der Waals surface area contributed by atoms with Crippen LogP contribution in [0.25, 0.3) is 0 Å². The predicted molar refractivity (Wildman–Crippen MR) is 102 cm³/mol. The highest BCUT2D eigenvalue weighted by molar-refractivity contribution is 6.30. The molecule has 6 nitrogen and oxygen atoms in total. The lowest BCUT2D eigenvalue weighted by Crippen LogP contribution is -2.51. The van der Waals surface area contributed by atoms with Crippen molar-refractivity contribution in [2.45, 2.75) is 49.4 Å². The molecule has 3 amide bonds. The molecule has 2 fully saturated rings. The van der Waals surface area contributed by atoms with Gasteiger partial charge in [-0.3, -0.25) is 14.4 Å². The largest absolute Gasteiger partial charge is 0.370 e. The maximum atomic E-state index is 14.1. The van der Waals surface area contributed by atoms with Gasteiger partial charge in [-0.1, -0.05) is 29.7 Å². The van der Waals surface area contributed by atoms with Crippen molar-refractivity contribution in [3.05, 3.63) is 34.9 Å². The molecule has 0 bridgehead atoms. The Morgan fingerprint density at radius 1 is 1.36 bits per heavy atom. The number of primary amides is 1. The van der Waals surface area contributed by atoms with Crippen LogP contribution in [-0.2, 0) is 19.8 Å². The van der Waals surface area contributed by atoms with Gasteiger partial charge >= 0.3 is 0 Å². The summed E-state index contributed by atoms with van der Waals surface area (Å²) in [7, 11) is 0. The van der Waals surface area contributed by atoms with Crippen molar-refractivity contribution in [2.24, 2.45) is 5.73 Å². The Bertz CT molecular complexity index is 832. The molecule has 1 aliphatic heterocycles. The highest BCUT2D eigenvalue weighted by Gasteiger charge is 2.56. The lowest BCUT2D eigenvalue weighted by Gasteiger charge is -2.29. The van der Waals surface area contributed by atoms with E-state index in [0.29, 0.717) is 17.9 Å². The van der Waals surface area contributed by atoms with Crippen molar-refractivity contribution in [3.63, 3.8) is 0 Å². The van der Waals surface area contributed by atoms with Crippen LogP contribution in [0.2, 0.25) is 5.02 Å². The number of carbonyl (C=O) groups excluding carboxylic acids is 3. The summed E-state index contributed by atoms with van der Waals surface area (Å²) in [6.45, 7) is -0.150. The van der Waals surface area contributed by atoms with Crippen LogP contribution in [0, 0.1) is 12.3 Å². The standard InChI is InChI=1S/C20H21ClFN3O3/c1-2-15(10-17(23)26)24-18(27)16-9-14(22)11-25(16)19(28)20(7-8-20)12-3-5-13(21)6-4-12/h1,3-6,14-16H,7-11H2,(H2,23,26)(H,24,27)/t14-,15-,16+/m1/s1. The van der Waals surface area contributed by atoms with Crippen LogP contribution < -0.4 is 11.1 Å². The van der Waals surface area contributed by atoms with Crippen LogP contribution in [0.15, 0.2) is 24.3 Å². The molecule has 8 heteroatoms. The molecular formula is C20H21ClFN3O3. The second kappa shape index (κ2) is 7.80. The monoisotopic (exact) mass is 405 g/mol. The number of nitrogens with two attached hydrogens (primary N) is 1. The Morgan fingerprint density at radius 2 is 2.00 bits per heavy atom. The van der Waals surface area contributed by atoms with Gasteiger partial charge in [-0.15, -0.1) is 6.42 Å². The molecule has 1 heterocycles. The number of amides is 3. The number of hydrogen-bond acceptors (Lipinski definition) is 3. The first-order valence-electron chi connectivity index (χ1n) is 9.03. The molecule has 1 aromatic rings. The van der Waals surface area contributed by atoms with E-state index in [-0.39, 0.29) is 25.3 Å². The van der Waals surface area contributed by atoms with Gasteiger partial charge < -0.3 is 16.0 Å². The highest BCUT2D eigenvalue weighted by atomic mass is 35.5. The Balaban J connectivity index is 1.77. The fourth-order valence-corrected chi connectivity index (χ4v) is 3.80. The smallest absolute Gasteiger partial charge is 0.243 e. The van der Waals surface area contributed by atoms with Crippen LogP contribution in [-0.4, -0.2) is 47.4 Å². The van der Waals surface area contributed by atoms with Crippen molar-refractivity contribution >= 4 is 29.3 Å². The van der Waals surface area contributed by atoms with Gasteiger partial charge in [0, 0.05) is 11.4 Å². The summed E-state index contributed by atoms with van der Waals surface area (Å²) in [5.74, 6) is 0.758. The number of alkyl halides is 1. The molecule has 0 radical (unpaired) electrons. The van der Waals surface area contributed by atoms with Crippen molar-refractivity contribution in [2.75, 3.05) is 6.54 Å². The SMILES string of the molecule is C#C[C@H](CC(N)=O)NC(=O)[C@@H]1C[C@@H](F)CN1C(=O)C1(c2ccc(Cl)cc2)CC1. The van der Waals surface area contributed by atoms with E-state index in [1.807, 2.05) is 0 Å². The van der Waals surface area contributed by atoms with Crippen LogP contribution in [0.1, 0.15) is 31.2 Å². The first kappa shape index (κ1) is 20.2. The maximum absolute atomic E-state index is 14.1. The third-order valence-electron chi connectivity index (χ3n) is 5.29. The number of likely N-dealkylation sites (tertiary alicyclic amines) is 1. The number of carbonyl (C=O) groups is 3. The molecule has 0 spiro atoms. The molecule has 1 saturated carbocycles. The van der Waals surface area contributed by atoms with Gasteiger partial charge in [0.15, 0.2) is 0 Å². The van der Waals surface area contributed by atoms with Crippen molar-refractivity contribution in [3.8, 4) is 12.3 Å². The van der Waals surface area contributed by atoms with E-state index in [2.05, 4.69) is 11.2 Å². The predicted octanol–water partition coefficient (Wildman–Crippen LogP) is 1.30. The van der Waals surface area contributed by atoms with E-state index in [1.165, 1.54) is 4.90 Å². The fraction of sp³-hybridized carbons (Fsp3) is 0.450. The minimum absolute atomic E-state index is 0.109. The number of nitrogens with one attached hydrogen (secondary N) is 1. The van der Waals surface area contributed by atoms with E-state index in [4.69, 9.17) is 23.8 Å². The van der Waals surface area contributed by atoms with E-state index >= 15 is 0 Å². The Morgan fingerprint density at radius 3 is 2.54 bits per heavy atom. The van der Waals surface area contributed by atoms with Gasteiger partial charge in [-0.05, 0) is 30.5 Å². The average molecular weight is 406 g/mol. The summed E-state index contributed by atoms with van der Waals surface area (Å²) in [6, 6.07) is 5.11. The number of benzene rings is 1. The molecule has 3 atom stereocenters. The molecule has 1 aromatic carbocycles. The number of terminal acetylenes is 1. The molecule has 3 rings (SSSR count). The Hall–Kier alpha value is -2.59. The second-order valence-corrected chi connectivity index (χ2v) is 7.73. The normalized spacial score (nSPS) is 23.5. The fourth-order valence-electron chi connectivity index (χ4n) is 3.67. The first-order valence-corrected chi connectivity index (χ1v) is 9.40. The topological polar surface area (TPSA) is 92.5 Å². The molecule has 28 heavy (non-hydrogen) atoms. The lowest BCUT2D eigenvalue weighted by molar-refractivity contribution is -0.140. The van der Waals surface area contributed by atoms with Gasteiger partial charge in [0.2, 0.25) is 17.7 Å². The zero-order valence-corrected chi connectivity index (χ0v) is 15.9. The van der Waals surface area contributed by atoms with Gasteiger partial charge in [0.05, 0.1) is 24.4 Å². The van der Waals surface area contributed by atoms with Crippen LogP contribution >= 0.6 is 11.6 Å². The second-order valence-electron chi connectivity index (χ2n) is 7.29. The molecule has 1 saturated heterocycles. The van der Waals surface area contributed by atoms with Crippen molar-refractivity contribution < 1.29 is 18.8 Å². The molecule has 1 aliphatic carbocycles. The Kier molecular flexibility index (Phi) is 5.61. The third-order valence-corrected chi connectivity index (χ3v) is 5.54. The number of hydrogen-bond donors (Lipinski definition) is 2. The average Bonchev–Trinajstić information content (AvgIpc) is 3.36. The molecule has 148 valence electrons. The number of rotatable bonds is 6. The van der Waals surface area contributed by atoms with Gasteiger partial charge in [-0.2, -0.15) is 0 Å². The zero-order valence-electron chi connectivity index (χ0n) is 15.2. The molecule has 3 N–H and O–H groups in total. The zero-order chi connectivity index (χ0) is 20.5. The quantitative estimate of drug-likeness (QED) is 0.699. The van der Waals surface area contributed by atoms with Crippen LogP contribution in [0.4, 0.5) is 4.39 Å².